The second-order valence-electron chi connectivity index (χ2n) is 4.82. The summed E-state index contributed by atoms with van der Waals surface area (Å²) in [6.45, 7) is 10.9. The van der Waals surface area contributed by atoms with Gasteiger partial charge in [0, 0.05) is 32.7 Å². The van der Waals surface area contributed by atoms with Crippen LogP contribution in [0.2, 0.25) is 0 Å². The largest absolute Gasteiger partial charge is 0.374 e. The maximum Gasteiger partial charge on any atom is 0.239 e. The fourth-order valence-electron chi connectivity index (χ4n) is 2.20. The van der Waals surface area contributed by atoms with Crippen LogP contribution in [0.1, 0.15) is 20.8 Å². The summed E-state index contributed by atoms with van der Waals surface area (Å²) in [5, 5.41) is 3.31. The normalized spacial score (nSPS) is 21.9. The minimum atomic E-state index is -0.0876. The van der Waals surface area contributed by atoms with Gasteiger partial charge in [0.25, 0.3) is 0 Å². The summed E-state index contributed by atoms with van der Waals surface area (Å²) in [5.74, 6) is 0.200. The Labute approximate surface area is 110 Å². The smallest absolute Gasteiger partial charge is 0.239 e. The van der Waals surface area contributed by atoms with Gasteiger partial charge in [0.2, 0.25) is 5.91 Å². The molecule has 0 aromatic rings. The van der Waals surface area contributed by atoms with E-state index < -0.39 is 0 Å². The first kappa shape index (κ1) is 15.4. The molecule has 0 aromatic carbocycles. The van der Waals surface area contributed by atoms with E-state index in [1.165, 1.54) is 0 Å². The van der Waals surface area contributed by atoms with E-state index in [-0.39, 0.29) is 18.1 Å². The molecule has 1 heterocycles. The quantitative estimate of drug-likeness (QED) is 0.736. The molecular weight excluding hydrogens is 230 g/mol. The molecule has 1 fully saturated rings. The molecule has 1 rings (SSSR count). The lowest BCUT2D eigenvalue weighted by molar-refractivity contribution is -0.136. The highest BCUT2D eigenvalue weighted by Crippen LogP contribution is 2.05. The van der Waals surface area contributed by atoms with Crippen molar-refractivity contribution in [1.29, 1.82) is 0 Å². The minimum Gasteiger partial charge on any atom is -0.374 e. The van der Waals surface area contributed by atoms with Crippen molar-refractivity contribution in [3.8, 4) is 0 Å². The van der Waals surface area contributed by atoms with Gasteiger partial charge in [0.1, 0.15) is 0 Å². The second-order valence-corrected chi connectivity index (χ2v) is 4.82. The molecule has 18 heavy (non-hydrogen) atoms. The number of amides is 1. The van der Waals surface area contributed by atoms with Crippen molar-refractivity contribution in [3.63, 3.8) is 0 Å². The second kappa shape index (κ2) is 7.71. The van der Waals surface area contributed by atoms with Crippen molar-refractivity contribution in [1.82, 2.24) is 15.1 Å². The molecular formula is C13H27N3O2. The van der Waals surface area contributed by atoms with Gasteiger partial charge in [-0.1, -0.05) is 0 Å². The van der Waals surface area contributed by atoms with Gasteiger partial charge in [-0.3, -0.25) is 9.69 Å². The zero-order valence-corrected chi connectivity index (χ0v) is 12.1. The van der Waals surface area contributed by atoms with Gasteiger partial charge in [-0.2, -0.15) is 0 Å². The lowest BCUT2D eigenvalue weighted by Crippen LogP contribution is -2.50. The van der Waals surface area contributed by atoms with E-state index in [1.54, 1.807) is 0 Å². The molecule has 2 unspecified atom stereocenters. The molecule has 0 aromatic heterocycles. The fourth-order valence-corrected chi connectivity index (χ4v) is 2.20. The van der Waals surface area contributed by atoms with Crippen LogP contribution in [0.3, 0.4) is 0 Å². The van der Waals surface area contributed by atoms with Crippen LogP contribution < -0.4 is 5.32 Å². The Morgan fingerprint density at radius 1 is 1.44 bits per heavy atom. The Morgan fingerprint density at radius 2 is 2.11 bits per heavy atom. The zero-order chi connectivity index (χ0) is 13.5. The third-order valence-corrected chi connectivity index (χ3v) is 3.59. The van der Waals surface area contributed by atoms with Crippen LogP contribution in [0.5, 0.6) is 0 Å². The van der Waals surface area contributed by atoms with Crippen LogP contribution in [-0.4, -0.2) is 74.2 Å². The summed E-state index contributed by atoms with van der Waals surface area (Å²) in [4.78, 5) is 16.2. The summed E-state index contributed by atoms with van der Waals surface area (Å²) in [6.07, 6.45) is 0.190. The lowest BCUT2D eigenvalue weighted by Gasteiger charge is -2.33. The molecule has 5 nitrogen and oxygen atoms in total. The maximum absolute atomic E-state index is 12.2. The Morgan fingerprint density at radius 3 is 2.61 bits per heavy atom. The third-order valence-electron chi connectivity index (χ3n) is 3.59. The predicted molar refractivity (Wildman–Crippen MR) is 72.6 cm³/mol. The number of likely N-dealkylation sites (N-methyl/N-ethyl adjacent to an activating group) is 2. The first-order valence-electron chi connectivity index (χ1n) is 6.91. The van der Waals surface area contributed by atoms with Crippen LogP contribution in [0.4, 0.5) is 0 Å². The van der Waals surface area contributed by atoms with E-state index in [0.717, 1.165) is 39.3 Å². The van der Waals surface area contributed by atoms with Crippen LogP contribution in [0.15, 0.2) is 0 Å². The van der Waals surface area contributed by atoms with Gasteiger partial charge in [0.05, 0.1) is 18.8 Å². The number of nitrogens with one attached hydrogen (secondary N) is 1. The summed E-state index contributed by atoms with van der Waals surface area (Å²) >= 11 is 0. The van der Waals surface area contributed by atoms with Gasteiger partial charge in [-0.15, -0.1) is 0 Å². The molecule has 0 aliphatic carbocycles. The zero-order valence-electron chi connectivity index (χ0n) is 12.1. The average Bonchev–Trinajstić information content (AvgIpc) is 2.40. The monoisotopic (exact) mass is 257 g/mol. The minimum absolute atomic E-state index is 0.0876. The van der Waals surface area contributed by atoms with E-state index in [0.29, 0.717) is 0 Å². The maximum atomic E-state index is 12.2. The summed E-state index contributed by atoms with van der Waals surface area (Å²) in [7, 11) is 1.99. The number of carbonyl (C=O) groups excluding carboxylic acids is 1. The van der Waals surface area contributed by atoms with Crippen molar-refractivity contribution >= 4 is 5.91 Å². The van der Waals surface area contributed by atoms with Crippen LogP contribution in [-0.2, 0) is 9.53 Å². The molecule has 1 N–H and O–H groups in total. The van der Waals surface area contributed by atoms with E-state index >= 15 is 0 Å². The Bertz CT molecular complexity index is 251. The number of hydrogen-bond donors (Lipinski definition) is 1. The van der Waals surface area contributed by atoms with Gasteiger partial charge < -0.3 is 15.0 Å². The number of morpholine rings is 1. The van der Waals surface area contributed by atoms with Crippen molar-refractivity contribution in [2.24, 2.45) is 0 Å². The van der Waals surface area contributed by atoms with Crippen molar-refractivity contribution in [3.05, 3.63) is 0 Å². The summed E-state index contributed by atoms with van der Waals surface area (Å²) < 4.78 is 5.66. The fraction of sp³-hybridized carbons (Fsp3) is 0.923. The van der Waals surface area contributed by atoms with E-state index in [2.05, 4.69) is 10.2 Å². The molecule has 0 bridgehead atoms. The SMILES string of the molecule is CCN(CC)C(=O)C(C)N(C)CC1CNCCO1. The number of ether oxygens (including phenoxy) is 1. The number of hydrogen-bond acceptors (Lipinski definition) is 4. The highest BCUT2D eigenvalue weighted by atomic mass is 16.5. The molecule has 5 heteroatoms. The van der Waals surface area contributed by atoms with E-state index in [1.807, 2.05) is 32.7 Å². The summed E-state index contributed by atoms with van der Waals surface area (Å²) in [6, 6.07) is -0.0876. The highest BCUT2D eigenvalue weighted by Gasteiger charge is 2.25. The van der Waals surface area contributed by atoms with Crippen LogP contribution in [0, 0.1) is 0 Å². The van der Waals surface area contributed by atoms with Crippen molar-refractivity contribution < 1.29 is 9.53 Å². The van der Waals surface area contributed by atoms with Gasteiger partial charge in [-0.05, 0) is 27.8 Å². The Kier molecular flexibility index (Phi) is 6.60. The van der Waals surface area contributed by atoms with Crippen LogP contribution >= 0.6 is 0 Å². The van der Waals surface area contributed by atoms with Gasteiger partial charge in [0.15, 0.2) is 0 Å². The molecule has 0 saturated carbocycles. The summed E-state index contributed by atoms with van der Waals surface area (Å²) in [5.41, 5.74) is 0. The molecule has 1 aliphatic heterocycles. The highest BCUT2D eigenvalue weighted by molar-refractivity contribution is 5.81. The molecule has 2 atom stereocenters. The van der Waals surface area contributed by atoms with Crippen LogP contribution in [0.25, 0.3) is 0 Å². The third kappa shape index (κ3) is 4.23. The Hall–Kier alpha value is -0.650. The number of carbonyl (C=O) groups is 1. The van der Waals surface area contributed by atoms with Gasteiger partial charge in [-0.25, -0.2) is 0 Å². The Balaban J connectivity index is 2.43. The molecule has 0 spiro atoms. The first-order chi connectivity index (χ1) is 8.60. The molecule has 0 radical (unpaired) electrons. The van der Waals surface area contributed by atoms with Crippen molar-refractivity contribution in [2.45, 2.75) is 32.9 Å². The van der Waals surface area contributed by atoms with Gasteiger partial charge >= 0.3 is 0 Å². The number of rotatable bonds is 6. The molecule has 1 saturated heterocycles. The molecule has 106 valence electrons. The molecule has 1 aliphatic rings. The predicted octanol–water partition coefficient (Wildman–Crippen LogP) is 0.164. The lowest BCUT2D eigenvalue weighted by atomic mass is 10.2. The van der Waals surface area contributed by atoms with E-state index in [9.17, 15) is 4.79 Å². The first-order valence-corrected chi connectivity index (χ1v) is 6.91. The van der Waals surface area contributed by atoms with Crippen molar-refractivity contribution in [2.75, 3.05) is 46.4 Å². The van der Waals surface area contributed by atoms with E-state index in [4.69, 9.17) is 4.74 Å². The average molecular weight is 257 g/mol. The standard InChI is InChI=1S/C13H27N3O2/c1-5-16(6-2)13(17)11(3)15(4)10-12-9-14-7-8-18-12/h11-12,14H,5-10H2,1-4H3. The molecule has 1 amide bonds. The number of nitrogens with zero attached hydrogens (tertiary/aromatic N) is 2. The topological polar surface area (TPSA) is 44.8 Å².